The predicted molar refractivity (Wildman–Crippen MR) is 56.1 cm³/mol. The molecule has 3 nitrogen and oxygen atoms in total. The number of aromatic nitrogens is 1. The van der Waals surface area contributed by atoms with Gasteiger partial charge in [0.1, 0.15) is 11.5 Å². The molecule has 0 aliphatic rings. The highest BCUT2D eigenvalue weighted by Gasteiger charge is 2.06. The number of halogens is 1. The van der Waals surface area contributed by atoms with Crippen LogP contribution < -0.4 is 0 Å². The van der Waals surface area contributed by atoms with Gasteiger partial charge in [0.15, 0.2) is 0 Å². The number of aromatic carboxylic acids is 1. The number of benzene rings is 1. The van der Waals surface area contributed by atoms with E-state index >= 15 is 0 Å². The second-order valence-electron chi connectivity index (χ2n) is 3.04. The molecule has 0 radical (unpaired) electrons. The molecule has 2 aromatic rings. The summed E-state index contributed by atoms with van der Waals surface area (Å²) in [5.41, 5.74) is 0.345. The number of carbonyl (C=O) groups is 1. The zero-order valence-corrected chi connectivity index (χ0v) is 8.27. The van der Waals surface area contributed by atoms with Gasteiger partial charge in [-0.05, 0) is 24.3 Å². The molecule has 15 heavy (non-hydrogen) atoms. The van der Waals surface area contributed by atoms with E-state index in [0.717, 1.165) is 0 Å². The van der Waals surface area contributed by atoms with E-state index in [4.69, 9.17) is 17.3 Å². The average Bonchev–Trinajstić information content (AvgIpc) is 2.16. The average molecular weight is 223 g/mol. The molecular formula is C10H6FNO2S. The Morgan fingerprint density at radius 2 is 2.13 bits per heavy atom. The van der Waals surface area contributed by atoms with E-state index in [-0.39, 0.29) is 5.69 Å². The first-order valence-corrected chi connectivity index (χ1v) is 4.54. The largest absolute Gasteiger partial charge is 0.477 e. The van der Waals surface area contributed by atoms with Crippen LogP contribution in [0, 0.1) is 10.3 Å². The highest BCUT2D eigenvalue weighted by Crippen LogP contribution is 2.16. The lowest BCUT2D eigenvalue weighted by atomic mass is 10.2. The van der Waals surface area contributed by atoms with Crippen LogP contribution in [0.4, 0.5) is 4.39 Å². The van der Waals surface area contributed by atoms with Crippen LogP contribution in [0.1, 0.15) is 10.5 Å². The SMILES string of the molecule is O=C(O)c1cc(=S)c2ccc(F)cc2[nH]1. The Morgan fingerprint density at radius 1 is 1.40 bits per heavy atom. The Morgan fingerprint density at radius 3 is 2.80 bits per heavy atom. The third-order valence-corrected chi connectivity index (χ3v) is 2.36. The maximum Gasteiger partial charge on any atom is 0.352 e. The summed E-state index contributed by atoms with van der Waals surface area (Å²) >= 11 is 5.00. The third-order valence-electron chi connectivity index (χ3n) is 2.02. The van der Waals surface area contributed by atoms with Gasteiger partial charge in [0.25, 0.3) is 0 Å². The molecule has 1 aromatic heterocycles. The van der Waals surface area contributed by atoms with Crippen molar-refractivity contribution in [3.8, 4) is 0 Å². The van der Waals surface area contributed by atoms with Crippen molar-refractivity contribution in [1.29, 1.82) is 0 Å². The van der Waals surface area contributed by atoms with Crippen LogP contribution in [0.15, 0.2) is 24.3 Å². The molecule has 0 spiro atoms. The van der Waals surface area contributed by atoms with Gasteiger partial charge in [0.05, 0.1) is 5.52 Å². The molecule has 76 valence electrons. The van der Waals surface area contributed by atoms with Crippen molar-refractivity contribution >= 4 is 29.1 Å². The van der Waals surface area contributed by atoms with Crippen LogP contribution in [-0.2, 0) is 0 Å². The van der Waals surface area contributed by atoms with Gasteiger partial charge < -0.3 is 10.1 Å². The van der Waals surface area contributed by atoms with Crippen molar-refractivity contribution in [2.24, 2.45) is 0 Å². The summed E-state index contributed by atoms with van der Waals surface area (Å²) in [4.78, 5) is 13.3. The number of rotatable bonds is 1. The molecule has 0 fully saturated rings. The lowest BCUT2D eigenvalue weighted by molar-refractivity contribution is 0.0691. The minimum atomic E-state index is -1.12. The molecule has 0 bridgehead atoms. The second-order valence-corrected chi connectivity index (χ2v) is 3.48. The number of hydrogen-bond donors (Lipinski definition) is 2. The summed E-state index contributed by atoms with van der Waals surface area (Å²) in [5.74, 6) is -1.55. The van der Waals surface area contributed by atoms with E-state index in [2.05, 4.69) is 4.98 Å². The molecule has 1 heterocycles. The number of pyridine rings is 1. The second kappa shape index (κ2) is 3.43. The molecule has 2 rings (SSSR count). The van der Waals surface area contributed by atoms with Gasteiger partial charge in [-0.1, -0.05) is 12.2 Å². The Kier molecular flexibility index (Phi) is 2.24. The van der Waals surface area contributed by atoms with Gasteiger partial charge in [0.2, 0.25) is 0 Å². The standard InChI is InChI=1S/C10H6FNO2S/c11-5-1-2-6-7(3-5)12-8(10(13)14)4-9(6)15/h1-4H,(H,12,15)(H,13,14). The quantitative estimate of drug-likeness (QED) is 0.731. The van der Waals surface area contributed by atoms with E-state index in [1.165, 1.54) is 24.3 Å². The molecule has 5 heteroatoms. The Balaban J connectivity index is 2.85. The van der Waals surface area contributed by atoms with Crippen LogP contribution >= 0.6 is 12.2 Å². The summed E-state index contributed by atoms with van der Waals surface area (Å²) in [6, 6.07) is 5.37. The van der Waals surface area contributed by atoms with Crippen molar-refractivity contribution in [3.63, 3.8) is 0 Å². The van der Waals surface area contributed by atoms with Gasteiger partial charge in [-0.25, -0.2) is 9.18 Å². The number of H-pyrrole nitrogens is 1. The van der Waals surface area contributed by atoms with E-state index in [1.54, 1.807) is 0 Å². The minimum Gasteiger partial charge on any atom is -0.477 e. The number of aromatic amines is 1. The number of fused-ring (bicyclic) bond motifs is 1. The fourth-order valence-electron chi connectivity index (χ4n) is 1.34. The fourth-order valence-corrected chi connectivity index (χ4v) is 1.64. The van der Waals surface area contributed by atoms with E-state index in [1.807, 2.05) is 0 Å². The van der Waals surface area contributed by atoms with Gasteiger partial charge in [-0.15, -0.1) is 0 Å². The Labute approximate surface area is 89.2 Å². The molecule has 0 aliphatic heterocycles. The first-order valence-electron chi connectivity index (χ1n) is 4.14. The Hall–Kier alpha value is -1.75. The van der Waals surface area contributed by atoms with E-state index in [0.29, 0.717) is 15.4 Å². The zero-order chi connectivity index (χ0) is 11.0. The maximum absolute atomic E-state index is 12.9. The number of carboxylic acid groups (broad SMARTS) is 1. The molecule has 0 aliphatic carbocycles. The highest BCUT2D eigenvalue weighted by molar-refractivity contribution is 7.71. The summed E-state index contributed by atoms with van der Waals surface area (Å²) < 4.78 is 13.3. The first kappa shape index (κ1) is 9.79. The zero-order valence-electron chi connectivity index (χ0n) is 7.45. The molecule has 0 atom stereocenters. The minimum absolute atomic E-state index is 0.0434. The van der Waals surface area contributed by atoms with E-state index < -0.39 is 11.8 Å². The van der Waals surface area contributed by atoms with Gasteiger partial charge in [-0.2, -0.15) is 0 Å². The summed E-state index contributed by atoms with van der Waals surface area (Å²) in [6.07, 6.45) is 0. The molecule has 2 N–H and O–H groups in total. The molecule has 1 aromatic carbocycles. The molecule has 0 amide bonds. The lowest BCUT2D eigenvalue weighted by Gasteiger charge is -2.01. The monoisotopic (exact) mass is 223 g/mol. The topological polar surface area (TPSA) is 53.1 Å². The molecule has 0 saturated heterocycles. The fraction of sp³-hybridized carbons (Fsp3) is 0. The van der Waals surface area contributed by atoms with Crippen molar-refractivity contribution in [2.75, 3.05) is 0 Å². The molecule has 0 unspecified atom stereocenters. The van der Waals surface area contributed by atoms with Crippen molar-refractivity contribution < 1.29 is 14.3 Å². The molecular weight excluding hydrogens is 217 g/mol. The smallest absolute Gasteiger partial charge is 0.352 e. The summed E-state index contributed by atoms with van der Waals surface area (Å²) in [6.45, 7) is 0. The number of carboxylic acids is 1. The van der Waals surface area contributed by atoms with Crippen molar-refractivity contribution in [1.82, 2.24) is 4.98 Å². The summed E-state index contributed by atoms with van der Waals surface area (Å²) in [5, 5.41) is 9.40. The van der Waals surface area contributed by atoms with Gasteiger partial charge >= 0.3 is 5.97 Å². The van der Waals surface area contributed by atoms with Crippen LogP contribution in [0.25, 0.3) is 10.9 Å². The van der Waals surface area contributed by atoms with Gasteiger partial charge in [0, 0.05) is 9.90 Å². The normalized spacial score (nSPS) is 10.5. The van der Waals surface area contributed by atoms with Crippen LogP contribution in [0.2, 0.25) is 0 Å². The van der Waals surface area contributed by atoms with Crippen LogP contribution in [0.5, 0.6) is 0 Å². The third kappa shape index (κ3) is 1.73. The highest BCUT2D eigenvalue weighted by atomic mass is 32.1. The maximum atomic E-state index is 12.9. The Bertz CT molecular complexity index is 606. The van der Waals surface area contributed by atoms with Crippen LogP contribution in [-0.4, -0.2) is 16.1 Å². The van der Waals surface area contributed by atoms with Crippen molar-refractivity contribution in [2.45, 2.75) is 0 Å². The molecule has 0 saturated carbocycles. The summed E-state index contributed by atoms with van der Waals surface area (Å²) in [7, 11) is 0. The number of nitrogens with one attached hydrogen (secondary N) is 1. The van der Waals surface area contributed by atoms with E-state index in [9.17, 15) is 9.18 Å². The van der Waals surface area contributed by atoms with Crippen molar-refractivity contribution in [3.05, 3.63) is 40.3 Å². The van der Waals surface area contributed by atoms with Gasteiger partial charge in [-0.3, -0.25) is 0 Å². The van der Waals surface area contributed by atoms with Crippen LogP contribution in [0.3, 0.4) is 0 Å². The predicted octanol–water partition coefficient (Wildman–Crippen LogP) is 2.73. The first-order chi connectivity index (χ1) is 7.08. The number of hydrogen-bond acceptors (Lipinski definition) is 2. The lowest BCUT2D eigenvalue weighted by Crippen LogP contribution is -2.00.